The third kappa shape index (κ3) is 4.06. The molecule has 0 aliphatic carbocycles. The molecule has 1 fully saturated rings. The van der Waals surface area contributed by atoms with Crippen molar-refractivity contribution in [2.45, 2.75) is 26.3 Å². The SMILES string of the molecule is CCCN(CC1(CO)COC1)C(C)C(=O)Nc1ccccc1. The maximum atomic E-state index is 12.5. The van der Waals surface area contributed by atoms with Crippen molar-refractivity contribution >= 4 is 11.6 Å². The van der Waals surface area contributed by atoms with E-state index in [1.807, 2.05) is 37.3 Å². The Morgan fingerprint density at radius 1 is 1.41 bits per heavy atom. The van der Waals surface area contributed by atoms with E-state index in [9.17, 15) is 9.90 Å². The second kappa shape index (κ2) is 7.72. The molecule has 1 atom stereocenters. The zero-order valence-electron chi connectivity index (χ0n) is 13.4. The third-order valence-electron chi connectivity index (χ3n) is 4.17. The zero-order chi connectivity index (χ0) is 16.0. The average Bonchev–Trinajstić information content (AvgIpc) is 2.50. The smallest absolute Gasteiger partial charge is 0.241 e. The van der Waals surface area contributed by atoms with Crippen LogP contribution in [0.4, 0.5) is 5.69 Å². The molecule has 1 heterocycles. The van der Waals surface area contributed by atoms with Gasteiger partial charge in [-0.3, -0.25) is 9.69 Å². The maximum Gasteiger partial charge on any atom is 0.241 e. The number of hydrogen-bond acceptors (Lipinski definition) is 4. The van der Waals surface area contributed by atoms with Crippen LogP contribution in [0.25, 0.3) is 0 Å². The molecule has 0 bridgehead atoms. The second-order valence-corrected chi connectivity index (χ2v) is 6.15. The van der Waals surface area contributed by atoms with E-state index in [0.717, 1.165) is 18.7 Å². The molecule has 0 spiro atoms. The van der Waals surface area contributed by atoms with Gasteiger partial charge in [-0.15, -0.1) is 0 Å². The zero-order valence-corrected chi connectivity index (χ0v) is 13.4. The summed E-state index contributed by atoms with van der Waals surface area (Å²) in [5.74, 6) is -0.0204. The Hall–Kier alpha value is -1.43. The van der Waals surface area contributed by atoms with Crippen molar-refractivity contribution in [3.05, 3.63) is 30.3 Å². The molecule has 2 rings (SSSR count). The molecule has 1 aromatic carbocycles. The van der Waals surface area contributed by atoms with Crippen LogP contribution in [0.3, 0.4) is 0 Å². The van der Waals surface area contributed by atoms with Gasteiger partial charge in [0.2, 0.25) is 5.91 Å². The molecular formula is C17H26N2O3. The van der Waals surface area contributed by atoms with Gasteiger partial charge < -0.3 is 15.2 Å². The van der Waals surface area contributed by atoms with Crippen molar-refractivity contribution in [1.82, 2.24) is 4.90 Å². The summed E-state index contributed by atoms with van der Waals surface area (Å²) in [6, 6.07) is 9.23. The van der Waals surface area contributed by atoms with Crippen molar-refractivity contribution < 1.29 is 14.6 Å². The van der Waals surface area contributed by atoms with Crippen LogP contribution in [-0.2, 0) is 9.53 Å². The van der Waals surface area contributed by atoms with Crippen LogP contribution in [0.1, 0.15) is 20.3 Å². The fourth-order valence-corrected chi connectivity index (χ4v) is 2.68. The first kappa shape index (κ1) is 16.9. The van der Waals surface area contributed by atoms with Gasteiger partial charge in [-0.25, -0.2) is 0 Å². The van der Waals surface area contributed by atoms with E-state index in [4.69, 9.17) is 4.74 Å². The molecule has 0 aromatic heterocycles. The van der Waals surface area contributed by atoms with Crippen molar-refractivity contribution in [2.24, 2.45) is 5.41 Å². The van der Waals surface area contributed by atoms with Gasteiger partial charge in [0.1, 0.15) is 0 Å². The van der Waals surface area contributed by atoms with Crippen LogP contribution in [0, 0.1) is 5.41 Å². The fraction of sp³-hybridized carbons (Fsp3) is 0.588. The summed E-state index contributed by atoms with van der Waals surface area (Å²) >= 11 is 0. The number of aliphatic hydroxyl groups excluding tert-OH is 1. The van der Waals surface area contributed by atoms with Crippen LogP contribution >= 0.6 is 0 Å². The van der Waals surface area contributed by atoms with Crippen LogP contribution < -0.4 is 5.32 Å². The average molecular weight is 306 g/mol. The molecule has 1 aliphatic heterocycles. The van der Waals surface area contributed by atoms with E-state index < -0.39 is 0 Å². The number of carbonyl (C=O) groups is 1. The number of ether oxygens (including phenoxy) is 1. The first-order chi connectivity index (χ1) is 10.6. The van der Waals surface area contributed by atoms with E-state index in [0.29, 0.717) is 19.8 Å². The highest BCUT2D eigenvalue weighted by Gasteiger charge is 2.41. The van der Waals surface area contributed by atoms with Crippen molar-refractivity contribution in [1.29, 1.82) is 0 Å². The van der Waals surface area contributed by atoms with E-state index >= 15 is 0 Å². The number of nitrogens with one attached hydrogen (secondary N) is 1. The van der Waals surface area contributed by atoms with Crippen LogP contribution in [0.5, 0.6) is 0 Å². The van der Waals surface area contributed by atoms with E-state index in [-0.39, 0.29) is 24.0 Å². The highest BCUT2D eigenvalue weighted by molar-refractivity contribution is 5.94. The fourth-order valence-electron chi connectivity index (χ4n) is 2.68. The number of para-hydroxylation sites is 1. The number of rotatable bonds is 8. The molecule has 1 aliphatic rings. The largest absolute Gasteiger partial charge is 0.396 e. The normalized spacial score (nSPS) is 17.8. The van der Waals surface area contributed by atoms with E-state index in [1.165, 1.54) is 0 Å². The Kier molecular flexibility index (Phi) is 5.94. The number of nitrogens with zero attached hydrogens (tertiary/aromatic N) is 1. The summed E-state index contributed by atoms with van der Waals surface area (Å²) in [7, 11) is 0. The van der Waals surface area contributed by atoms with Gasteiger partial charge in [-0.2, -0.15) is 0 Å². The van der Waals surface area contributed by atoms with Gasteiger partial charge in [0, 0.05) is 12.2 Å². The number of carbonyl (C=O) groups excluding carboxylic acids is 1. The summed E-state index contributed by atoms with van der Waals surface area (Å²) in [5.41, 5.74) is 0.593. The molecule has 1 amide bonds. The van der Waals surface area contributed by atoms with Crippen molar-refractivity contribution in [3.8, 4) is 0 Å². The van der Waals surface area contributed by atoms with E-state index in [1.54, 1.807) is 0 Å². The van der Waals surface area contributed by atoms with Crippen molar-refractivity contribution in [3.63, 3.8) is 0 Å². The Morgan fingerprint density at radius 3 is 2.59 bits per heavy atom. The highest BCUT2D eigenvalue weighted by Crippen LogP contribution is 2.28. The summed E-state index contributed by atoms with van der Waals surface area (Å²) in [5, 5.41) is 12.5. The molecule has 22 heavy (non-hydrogen) atoms. The van der Waals surface area contributed by atoms with Crippen LogP contribution in [-0.4, -0.2) is 54.9 Å². The lowest BCUT2D eigenvalue weighted by Crippen LogP contribution is -2.56. The number of hydrogen-bond donors (Lipinski definition) is 2. The van der Waals surface area contributed by atoms with E-state index in [2.05, 4.69) is 17.1 Å². The molecular weight excluding hydrogens is 280 g/mol. The Labute approximate surface area is 132 Å². The predicted molar refractivity (Wildman–Crippen MR) is 86.7 cm³/mol. The third-order valence-corrected chi connectivity index (χ3v) is 4.17. The quantitative estimate of drug-likeness (QED) is 0.768. The summed E-state index contributed by atoms with van der Waals surface area (Å²) < 4.78 is 5.26. The lowest BCUT2D eigenvalue weighted by Gasteiger charge is -2.44. The van der Waals surface area contributed by atoms with Crippen molar-refractivity contribution in [2.75, 3.05) is 38.2 Å². The molecule has 122 valence electrons. The number of anilines is 1. The van der Waals surface area contributed by atoms with Gasteiger partial charge in [-0.1, -0.05) is 25.1 Å². The molecule has 5 heteroatoms. The lowest BCUT2D eigenvalue weighted by atomic mass is 9.86. The number of aliphatic hydroxyl groups is 1. The first-order valence-electron chi connectivity index (χ1n) is 7.89. The minimum Gasteiger partial charge on any atom is -0.396 e. The second-order valence-electron chi connectivity index (χ2n) is 6.15. The summed E-state index contributed by atoms with van der Waals surface area (Å²) in [6.45, 7) is 6.75. The Balaban J connectivity index is 1.99. The molecule has 1 unspecified atom stereocenters. The summed E-state index contributed by atoms with van der Waals surface area (Å²) in [6.07, 6.45) is 0.964. The molecule has 0 saturated carbocycles. The number of benzene rings is 1. The minimum atomic E-state index is -0.246. The first-order valence-corrected chi connectivity index (χ1v) is 7.89. The molecule has 5 nitrogen and oxygen atoms in total. The molecule has 1 aromatic rings. The Bertz CT molecular complexity index is 469. The van der Waals surface area contributed by atoms with Gasteiger partial charge in [-0.05, 0) is 32.0 Å². The van der Waals surface area contributed by atoms with Gasteiger partial charge >= 0.3 is 0 Å². The molecule has 1 saturated heterocycles. The Morgan fingerprint density at radius 2 is 2.09 bits per heavy atom. The monoisotopic (exact) mass is 306 g/mol. The highest BCUT2D eigenvalue weighted by atomic mass is 16.5. The predicted octanol–water partition coefficient (Wildman–Crippen LogP) is 1.73. The standard InChI is InChI=1S/C17H26N2O3/c1-3-9-19(10-17(11-20)12-22-13-17)14(2)16(21)18-15-7-5-4-6-8-15/h4-8,14,20H,3,9-13H2,1-2H3,(H,18,21). The van der Waals surface area contributed by atoms with Crippen LogP contribution in [0.2, 0.25) is 0 Å². The lowest BCUT2D eigenvalue weighted by molar-refractivity contribution is -0.153. The maximum absolute atomic E-state index is 12.5. The summed E-state index contributed by atoms with van der Waals surface area (Å²) in [4.78, 5) is 14.6. The van der Waals surface area contributed by atoms with Gasteiger partial charge in [0.25, 0.3) is 0 Å². The van der Waals surface area contributed by atoms with Crippen LogP contribution in [0.15, 0.2) is 30.3 Å². The van der Waals surface area contributed by atoms with Gasteiger partial charge in [0.15, 0.2) is 0 Å². The van der Waals surface area contributed by atoms with Gasteiger partial charge in [0.05, 0.1) is 31.3 Å². The number of amides is 1. The molecule has 2 N–H and O–H groups in total. The topological polar surface area (TPSA) is 61.8 Å². The molecule has 0 radical (unpaired) electrons. The minimum absolute atomic E-state index is 0.0204.